The van der Waals surface area contributed by atoms with Gasteiger partial charge in [-0.15, -0.1) is 0 Å². The van der Waals surface area contributed by atoms with Crippen LogP contribution < -0.4 is 0 Å². The van der Waals surface area contributed by atoms with Gasteiger partial charge in [-0.25, -0.2) is 19.9 Å². The van der Waals surface area contributed by atoms with E-state index in [4.69, 9.17) is 19.9 Å². The van der Waals surface area contributed by atoms with Crippen LogP contribution in [0.25, 0.3) is 112 Å². The van der Waals surface area contributed by atoms with E-state index < -0.39 is 0 Å². The fourth-order valence-electron chi connectivity index (χ4n) is 8.51. The first-order chi connectivity index (χ1) is 31.7. The highest BCUT2D eigenvalue weighted by Gasteiger charge is 2.18. The molecule has 11 rings (SSSR count). The van der Waals surface area contributed by atoms with E-state index in [2.05, 4.69) is 188 Å². The molecule has 0 radical (unpaired) electrons. The molecule has 11 aromatic rings. The van der Waals surface area contributed by atoms with Gasteiger partial charge in [-0.3, -0.25) is 0 Å². The van der Waals surface area contributed by atoms with Crippen LogP contribution in [0.5, 0.6) is 0 Å². The third kappa shape index (κ3) is 7.65. The van der Waals surface area contributed by atoms with Crippen LogP contribution in [0.2, 0.25) is 0 Å². The quantitative estimate of drug-likeness (QED) is 0.146. The topological polar surface area (TPSA) is 51.6 Å². The second-order valence-corrected chi connectivity index (χ2v) is 15.8. The van der Waals surface area contributed by atoms with Crippen molar-refractivity contribution in [3.8, 4) is 101 Å². The highest BCUT2D eigenvalue weighted by Crippen LogP contribution is 2.42. The molecule has 0 bridgehead atoms. The number of aromatic nitrogens is 4. The Morgan fingerprint density at radius 3 is 1.22 bits per heavy atom. The zero-order valence-electron chi connectivity index (χ0n) is 34.9. The van der Waals surface area contributed by atoms with E-state index in [0.717, 1.165) is 89.2 Å². The SMILES string of the molecule is c1ccc(-c2ccc(-c3cccc(-c4ccc(-c5cc(-c6ccccc6)nc(-c6ccccc6)n5)cc4)c3-c3ccc(-c4nc(-c5ccccc5)c5ccccc5n4)cc3)cc2)cc1. The summed E-state index contributed by atoms with van der Waals surface area (Å²) in [6, 6.07) is 84.7. The zero-order chi connectivity index (χ0) is 42.7. The maximum atomic E-state index is 5.17. The molecule has 0 saturated heterocycles. The van der Waals surface area contributed by atoms with Gasteiger partial charge in [0.2, 0.25) is 0 Å². The van der Waals surface area contributed by atoms with Gasteiger partial charge in [0.25, 0.3) is 0 Å². The summed E-state index contributed by atoms with van der Waals surface area (Å²) in [4.78, 5) is 20.3. The minimum absolute atomic E-state index is 0.695. The van der Waals surface area contributed by atoms with E-state index in [-0.39, 0.29) is 0 Å². The standard InChI is InChI=1S/C60H40N4/c1-5-16-41(17-6-1)42-28-30-43(31-29-42)51-25-15-26-52(44-32-34-46(35-33-44)56-40-55(45-18-7-2-8-19-45)62-59(63-56)49-22-11-4-12-23-49)57(51)47-36-38-50(39-37-47)60-61-54-27-14-13-24-53(54)58(64-60)48-20-9-3-10-21-48/h1-40H. The second-order valence-electron chi connectivity index (χ2n) is 15.8. The average Bonchev–Trinajstić information content (AvgIpc) is 3.39. The van der Waals surface area contributed by atoms with Gasteiger partial charge in [-0.1, -0.05) is 231 Å². The molecule has 300 valence electrons. The molecule has 2 heterocycles. The number of fused-ring (bicyclic) bond motifs is 1. The maximum absolute atomic E-state index is 5.17. The molecule has 0 unspecified atom stereocenters. The molecule has 9 aromatic carbocycles. The molecule has 0 atom stereocenters. The molecule has 0 spiro atoms. The van der Waals surface area contributed by atoms with Crippen molar-refractivity contribution >= 4 is 10.9 Å². The van der Waals surface area contributed by atoms with Crippen LogP contribution in [0.3, 0.4) is 0 Å². The van der Waals surface area contributed by atoms with Crippen LogP contribution in [0.1, 0.15) is 0 Å². The van der Waals surface area contributed by atoms with E-state index in [1.807, 2.05) is 54.6 Å². The number of nitrogens with zero attached hydrogens (tertiary/aromatic N) is 4. The van der Waals surface area contributed by atoms with Gasteiger partial charge in [0.05, 0.1) is 22.6 Å². The number of benzene rings is 9. The van der Waals surface area contributed by atoms with Crippen LogP contribution in [-0.4, -0.2) is 19.9 Å². The molecule has 0 aliphatic carbocycles. The van der Waals surface area contributed by atoms with Gasteiger partial charge in [0, 0.05) is 33.2 Å². The molecule has 0 aliphatic heterocycles. The molecule has 0 aliphatic rings. The minimum Gasteiger partial charge on any atom is -0.228 e. The van der Waals surface area contributed by atoms with Crippen LogP contribution in [0, 0.1) is 0 Å². The Hall–Kier alpha value is -8.60. The predicted molar refractivity (Wildman–Crippen MR) is 264 cm³/mol. The average molecular weight is 817 g/mol. The smallest absolute Gasteiger partial charge is 0.160 e. The van der Waals surface area contributed by atoms with E-state index >= 15 is 0 Å². The maximum Gasteiger partial charge on any atom is 0.160 e. The van der Waals surface area contributed by atoms with E-state index in [0.29, 0.717) is 11.6 Å². The lowest BCUT2D eigenvalue weighted by Crippen LogP contribution is -1.96. The Morgan fingerprint density at radius 1 is 0.234 bits per heavy atom. The summed E-state index contributed by atoms with van der Waals surface area (Å²) in [6.45, 7) is 0. The van der Waals surface area contributed by atoms with Crippen molar-refractivity contribution in [2.24, 2.45) is 0 Å². The van der Waals surface area contributed by atoms with Crippen LogP contribution in [0.4, 0.5) is 0 Å². The third-order valence-corrected chi connectivity index (χ3v) is 11.8. The van der Waals surface area contributed by atoms with Crippen molar-refractivity contribution < 1.29 is 0 Å². The van der Waals surface area contributed by atoms with Gasteiger partial charge in [-0.2, -0.15) is 0 Å². The Balaban J connectivity index is 1.01. The minimum atomic E-state index is 0.695. The lowest BCUT2D eigenvalue weighted by molar-refractivity contribution is 1.18. The van der Waals surface area contributed by atoms with Crippen LogP contribution >= 0.6 is 0 Å². The molecule has 4 heteroatoms. The second kappa shape index (κ2) is 17.0. The van der Waals surface area contributed by atoms with E-state index in [9.17, 15) is 0 Å². The Morgan fingerprint density at radius 2 is 0.625 bits per heavy atom. The van der Waals surface area contributed by atoms with Gasteiger partial charge in [0.1, 0.15) is 0 Å². The molecule has 2 aromatic heterocycles. The van der Waals surface area contributed by atoms with Gasteiger partial charge in [-0.05, 0) is 56.6 Å². The van der Waals surface area contributed by atoms with Crippen molar-refractivity contribution in [1.29, 1.82) is 0 Å². The summed E-state index contributed by atoms with van der Waals surface area (Å²) < 4.78 is 0. The summed E-state index contributed by atoms with van der Waals surface area (Å²) in [6.07, 6.45) is 0. The first-order valence-corrected chi connectivity index (χ1v) is 21.5. The van der Waals surface area contributed by atoms with Crippen LogP contribution in [0.15, 0.2) is 243 Å². The number of para-hydroxylation sites is 1. The van der Waals surface area contributed by atoms with Gasteiger partial charge in [0.15, 0.2) is 11.6 Å². The van der Waals surface area contributed by atoms with Crippen molar-refractivity contribution in [1.82, 2.24) is 19.9 Å². The van der Waals surface area contributed by atoms with Crippen molar-refractivity contribution in [3.05, 3.63) is 243 Å². The molecular weight excluding hydrogens is 777 g/mol. The summed E-state index contributed by atoms with van der Waals surface area (Å²) in [5, 5.41) is 1.03. The number of hydrogen-bond donors (Lipinski definition) is 0. The van der Waals surface area contributed by atoms with Crippen molar-refractivity contribution in [3.63, 3.8) is 0 Å². The Kier molecular flexibility index (Phi) is 10.2. The van der Waals surface area contributed by atoms with E-state index in [1.165, 1.54) is 11.1 Å². The predicted octanol–water partition coefficient (Wildman–Crippen LogP) is 15.4. The first kappa shape index (κ1) is 38.3. The number of rotatable bonds is 9. The van der Waals surface area contributed by atoms with Crippen LogP contribution in [-0.2, 0) is 0 Å². The summed E-state index contributed by atoms with van der Waals surface area (Å²) >= 11 is 0. The number of hydrogen-bond acceptors (Lipinski definition) is 4. The van der Waals surface area contributed by atoms with E-state index in [1.54, 1.807) is 0 Å². The molecule has 64 heavy (non-hydrogen) atoms. The van der Waals surface area contributed by atoms with Gasteiger partial charge < -0.3 is 0 Å². The molecule has 0 N–H and O–H groups in total. The molecule has 4 nitrogen and oxygen atoms in total. The highest BCUT2D eigenvalue weighted by molar-refractivity contribution is 5.96. The highest BCUT2D eigenvalue weighted by atomic mass is 14.9. The largest absolute Gasteiger partial charge is 0.228 e. The fourth-order valence-corrected chi connectivity index (χ4v) is 8.51. The molecular formula is C60H40N4. The molecule has 0 amide bonds. The monoisotopic (exact) mass is 816 g/mol. The Labute approximate surface area is 373 Å². The Bertz CT molecular complexity index is 3310. The molecule has 0 saturated carbocycles. The lowest BCUT2D eigenvalue weighted by atomic mass is 9.86. The first-order valence-electron chi connectivity index (χ1n) is 21.5. The summed E-state index contributed by atoms with van der Waals surface area (Å²) in [5.41, 5.74) is 17.8. The van der Waals surface area contributed by atoms with Crippen molar-refractivity contribution in [2.75, 3.05) is 0 Å². The normalized spacial score (nSPS) is 11.1. The third-order valence-electron chi connectivity index (χ3n) is 11.8. The van der Waals surface area contributed by atoms with Gasteiger partial charge >= 0.3 is 0 Å². The summed E-state index contributed by atoms with van der Waals surface area (Å²) in [7, 11) is 0. The lowest BCUT2D eigenvalue weighted by Gasteiger charge is -2.17. The molecule has 0 fully saturated rings. The van der Waals surface area contributed by atoms with Crippen molar-refractivity contribution in [2.45, 2.75) is 0 Å². The summed E-state index contributed by atoms with van der Waals surface area (Å²) in [5.74, 6) is 1.39. The zero-order valence-corrected chi connectivity index (χ0v) is 34.9. The fraction of sp³-hybridized carbons (Fsp3) is 0.